The lowest BCUT2D eigenvalue weighted by Crippen LogP contribution is -2.12. The van der Waals surface area contributed by atoms with E-state index in [0.29, 0.717) is 16.0 Å². The molecule has 2 rings (SSSR count). The molecule has 0 aliphatic heterocycles. The van der Waals surface area contributed by atoms with Crippen molar-refractivity contribution < 1.29 is 0 Å². The van der Waals surface area contributed by atoms with Gasteiger partial charge in [-0.05, 0) is 12.1 Å². The highest BCUT2D eigenvalue weighted by Gasteiger charge is 2.08. The molecule has 1 aromatic heterocycles. The molecule has 0 atom stereocenters. The van der Waals surface area contributed by atoms with Gasteiger partial charge in [-0.3, -0.25) is 4.79 Å². The van der Waals surface area contributed by atoms with Crippen molar-refractivity contribution in [2.75, 3.05) is 0 Å². The number of halogens is 2. The Hall–Kier alpha value is -0.990. The third-order valence-electron chi connectivity index (χ3n) is 2.37. The Bertz CT molecular complexity index is 575. The molecule has 0 aliphatic carbocycles. The highest BCUT2D eigenvalue weighted by molar-refractivity contribution is 6.35. The van der Waals surface area contributed by atoms with Gasteiger partial charge in [0.05, 0.1) is 16.4 Å². The highest BCUT2D eigenvalue weighted by atomic mass is 35.5. The molecular weight excluding hydrogens is 233 g/mol. The summed E-state index contributed by atoms with van der Waals surface area (Å²) in [5.74, 6) is 0.217. The van der Waals surface area contributed by atoms with Crippen molar-refractivity contribution in [3.63, 3.8) is 0 Å². The summed E-state index contributed by atoms with van der Waals surface area (Å²) in [4.78, 5) is 11.9. The molecule has 2 nitrogen and oxygen atoms in total. The van der Waals surface area contributed by atoms with Crippen molar-refractivity contribution in [2.45, 2.75) is 5.88 Å². The Labute approximate surface area is 97.0 Å². The van der Waals surface area contributed by atoms with Crippen LogP contribution in [0, 0.1) is 0 Å². The van der Waals surface area contributed by atoms with Crippen molar-refractivity contribution >= 4 is 34.1 Å². The molecule has 0 unspecified atom stereocenters. The number of aryl methyl sites for hydroxylation is 1. The van der Waals surface area contributed by atoms with Crippen LogP contribution >= 0.6 is 23.2 Å². The van der Waals surface area contributed by atoms with Crippen LogP contribution in [-0.2, 0) is 12.9 Å². The maximum absolute atomic E-state index is 11.9. The van der Waals surface area contributed by atoms with E-state index in [9.17, 15) is 4.79 Å². The van der Waals surface area contributed by atoms with Crippen LogP contribution in [0.1, 0.15) is 5.56 Å². The van der Waals surface area contributed by atoms with E-state index in [1.54, 1.807) is 24.4 Å². The average molecular weight is 242 g/mol. The molecule has 1 aromatic carbocycles. The van der Waals surface area contributed by atoms with Crippen molar-refractivity contribution in [1.82, 2.24) is 4.57 Å². The summed E-state index contributed by atoms with van der Waals surface area (Å²) in [7, 11) is 1.85. The van der Waals surface area contributed by atoms with Crippen LogP contribution in [-0.4, -0.2) is 4.57 Å². The summed E-state index contributed by atoms with van der Waals surface area (Å²) in [6, 6.07) is 5.30. The summed E-state index contributed by atoms with van der Waals surface area (Å²) in [6.07, 6.45) is 1.73. The number of aromatic nitrogens is 1. The lowest BCUT2D eigenvalue weighted by molar-refractivity contribution is 0.936. The lowest BCUT2D eigenvalue weighted by Gasteiger charge is -2.08. The molecule has 0 fully saturated rings. The maximum Gasteiger partial charge on any atom is 0.193 e. The molecule has 4 heteroatoms. The van der Waals surface area contributed by atoms with Gasteiger partial charge in [-0.1, -0.05) is 17.7 Å². The molecule has 2 aromatic rings. The van der Waals surface area contributed by atoms with Gasteiger partial charge < -0.3 is 4.57 Å². The molecular formula is C11H9Cl2NO. The minimum Gasteiger partial charge on any atom is -0.349 e. The van der Waals surface area contributed by atoms with E-state index in [-0.39, 0.29) is 11.3 Å². The molecule has 0 radical (unpaired) electrons. The molecule has 0 spiro atoms. The van der Waals surface area contributed by atoms with Crippen LogP contribution in [0.5, 0.6) is 0 Å². The predicted molar refractivity (Wildman–Crippen MR) is 63.8 cm³/mol. The van der Waals surface area contributed by atoms with Crippen LogP contribution in [0.25, 0.3) is 10.9 Å². The normalized spacial score (nSPS) is 10.9. The van der Waals surface area contributed by atoms with E-state index in [0.717, 1.165) is 5.52 Å². The van der Waals surface area contributed by atoms with Gasteiger partial charge in [-0.15, -0.1) is 11.6 Å². The number of benzene rings is 1. The maximum atomic E-state index is 11.9. The molecule has 0 saturated carbocycles. The van der Waals surface area contributed by atoms with E-state index in [1.807, 2.05) is 11.6 Å². The zero-order valence-electron chi connectivity index (χ0n) is 8.13. The molecule has 0 saturated heterocycles. The first-order valence-electron chi connectivity index (χ1n) is 4.48. The van der Waals surface area contributed by atoms with Gasteiger partial charge in [0.15, 0.2) is 5.43 Å². The van der Waals surface area contributed by atoms with Crippen LogP contribution < -0.4 is 5.43 Å². The van der Waals surface area contributed by atoms with E-state index in [4.69, 9.17) is 23.2 Å². The van der Waals surface area contributed by atoms with Crippen molar-refractivity contribution in [2.24, 2.45) is 7.05 Å². The van der Waals surface area contributed by atoms with Crippen molar-refractivity contribution in [3.05, 3.63) is 45.2 Å². The zero-order chi connectivity index (χ0) is 11.0. The fraction of sp³-hybridized carbons (Fsp3) is 0.182. The van der Waals surface area contributed by atoms with Gasteiger partial charge in [0.1, 0.15) is 0 Å². The summed E-state index contributed by atoms with van der Waals surface area (Å²) in [5.41, 5.74) is 1.30. The summed E-state index contributed by atoms with van der Waals surface area (Å²) < 4.78 is 1.83. The highest BCUT2D eigenvalue weighted by Crippen LogP contribution is 2.20. The first-order valence-corrected chi connectivity index (χ1v) is 5.39. The number of hydrogen-bond acceptors (Lipinski definition) is 1. The number of para-hydroxylation sites is 1. The molecule has 1 heterocycles. The Morgan fingerprint density at radius 2 is 2.13 bits per heavy atom. The van der Waals surface area contributed by atoms with E-state index >= 15 is 0 Å². The van der Waals surface area contributed by atoms with Gasteiger partial charge >= 0.3 is 0 Å². The zero-order valence-corrected chi connectivity index (χ0v) is 9.64. The standard InChI is InChI=1S/C11H9Cl2NO/c1-14-6-7(5-12)11(15)8-3-2-4-9(13)10(8)14/h2-4,6H,5H2,1H3. The van der Waals surface area contributed by atoms with Crippen molar-refractivity contribution in [1.29, 1.82) is 0 Å². The SMILES string of the molecule is Cn1cc(CCl)c(=O)c2cccc(Cl)c21. The van der Waals surface area contributed by atoms with Gasteiger partial charge in [0.2, 0.25) is 0 Å². The summed E-state index contributed by atoms with van der Waals surface area (Å²) in [5, 5.41) is 1.19. The Morgan fingerprint density at radius 3 is 2.80 bits per heavy atom. The van der Waals surface area contributed by atoms with Crippen LogP contribution in [0.3, 0.4) is 0 Å². The molecule has 0 bridgehead atoms. The molecule has 0 aliphatic rings. The monoisotopic (exact) mass is 241 g/mol. The topological polar surface area (TPSA) is 22.0 Å². The summed E-state index contributed by atoms with van der Waals surface area (Å²) >= 11 is 11.7. The number of pyridine rings is 1. The second kappa shape index (κ2) is 3.87. The first-order chi connectivity index (χ1) is 7.15. The first kappa shape index (κ1) is 10.5. The minimum atomic E-state index is -0.0411. The van der Waals surface area contributed by atoms with Gasteiger partial charge in [0.25, 0.3) is 0 Å². The largest absolute Gasteiger partial charge is 0.349 e. The fourth-order valence-electron chi connectivity index (χ4n) is 1.68. The molecule has 15 heavy (non-hydrogen) atoms. The minimum absolute atomic E-state index is 0.0411. The summed E-state index contributed by atoms with van der Waals surface area (Å²) in [6.45, 7) is 0. The van der Waals surface area contributed by atoms with E-state index in [1.165, 1.54) is 0 Å². The second-order valence-electron chi connectivity index (χ2n) is 3.36. The van der Waals surface area contributed by atoms with Gasteiger partial charge in [0, 0.05) is 24.2 Å². The van der Waals surface area contributed by atoms with Crippen LogP contribution in [0.15, 0.2) is 29.2 Å². The van der Waals surface area contributed by atoms with E-state index < -0.39 is 0 Å². The average Bonchev–Trinajstić information content (AvgIpc) is 2.23. The van der Waals surface area contributed by atoms with Gasteiger partial charge in [-0.25, -0.2) is 0 Å². The smallest absolute Gasteiger partial charge is 0.193 e. The number of fused-ring (bicyclic) bond motifs is 1. The predicted octanol–water partition coefficient (Wildman–Crippen LogP) is 2.93. The second-order valence-corrected chi connectivity index (χ2v) is 4.04. The van der Waals surface area contributed by atoms with Gasteiger partial charge in [-0.2, -0.15) is 0 Å². The molecule has 0 N–H and O–H groups in total. The lowest BCUT2D eigenvalue weighted by atomic mass is 10.1. The Balaban J connectivity index is 3.00. The molecule has 78 valence electrons. The number of nitrogens with zero attached hydrogens (tertiary/aromatic N) is 1. The van der Waals surface area contributed by atoms with Crippen molar-refractivity contribution in [3.8, 4) is 0 Å². The Kier molecular flexibility index (Phi) is 2.72. The number of hydrogen-bond donors (Lipinski definition) is 0. The molecule has 0 amide bonds. The third-order valence-corrected chi connectivity index (χ3v) is 2.96. The Morgan fingerprint density at radius 1 is 1.40 bits per heavy atom. The quantitative estimate of drug-likeness (QED) is 0.704. The fourth-order valence-corrected chi connectivity index (χ4v) is 2.18. The van der Waals surface area contributed by atoms with Crippen LogP contribution in [0.4, 0.5) is 0 Å². The third kappa shape index (κ3) is 1.64. The number of alkyl halides is 1. The number of rotatable bonds is 1. The van der Waals surface area contributed by atoms with E-state index in [2.05, 4.69) is 0 Å². The van der Waals surface area contributed by atoms with Crippen LogP contribution in [0.2, 0.25) is 5.02 Å².